The molecule has 2 aliphatic heterocycles. The zero-order valence-electron chi connectivity index (χ0n) is 15.0. The Bertz CT molecular complexity index is 808. The summed E-state index contributed by atoms with van der Waals surface area (Å²) in [7, 11) is 0. The van der Waals surface area contributed by atoms with Crippen molar-refractivity contribution < 1.29 is 19.0 Å². The second-order valence-corrected chi connectivity index (χ2v) is 7.75. The van der Waals surface area contributed by atoms with Gasteiger partial charge in [0.25, 0.3) is 0 Å². The zero-order chi connectivity index (χ0) is 18.6. The fourth-order valence-corrected chi connectivity index (χ4v) is 3.80. The molecule has 1 amide bonds. The van der Waals surface area contributed by atoms with E-state index in [4.69, 9.17) is 14.2 Å². The fourth-order valence-electron chi connectivity index (χ4n) is 2.97. The summed E-state index contributed by atoms with van der Waals surface area (Å²) in [5.74, 6) is 1.36. The Kier molecular flexibility index (Phi) is 5.44. The summed E-state index contributed by atoms with van der Waals surface area (Å²) in [6.07, 6.45) is 2.21. The van der Waals surface area contributed by atoms with E-state index in [0.717, 1.165) is 30.8 Å². The summed E-state index contributed by atoms with van der Waals surface area (Å²) < 4.78 is 18.0. The molecule has 0 aliphatic carbocycles. The first-order valence-corrected chi connectivity index (χ1v) is 9.77. The Hall–Kier alpha value is -2.33. The van der Waals surface area contributed by atoms with Crippen LogP contribution in [0.5, 0.6) is 11.5 Å². The molecule has 0 spiro atoms. The van der Waals surface area contributed by atoms with Crippen LogP contribution in [0.3, 0.4) is 0 Å². The maximum absolute atomic E-state index is 12.4. The van der Waals surface area contributed by atoms with Gasteiger partial charge in [-0.25, -0.2) is 4.68 Å². The number of nitrogens with zero attached hydrogens (tertiary/aromatic N) is 4. The summed E-state index contributed by atoms with van der Waals surface area (Å²) in [5.41, 5.74) is 0.952. The van der Waals surface area contributed by atoms with Crippen molar-refractivity contribution in [2.45, 2.75) is 49.4 Å². The maximum Gasteiger partial charge on any atom is 0.233 e. The summed E-state index contributed by atoms with van der Waals surface area (Å²) in [4.78, 5) is 12.4. The van der Waals surface area contributed by atoms with Crippen LogP contribution in [-0.2, 0) is 22.6 Å². The van der Waals surface area contributed by atoms with Crippen molar-refractivity contribution in [2.24, 2.45) is 0 Å². The molecule has 27 heavy (non-hydrogen) atoms. The Morgan fingerprint density at radius 3 is 3.15 bits per heavy atom. The van der Waals surface area contributed by atoms with E-state index < -0.39 is 0 Å². The van der Waals surface area contributed by atoms with Crippen LogP contribution in [0.1, 0.15) is 25.3 Å². The van der Waals surface area contributed by atoms with Crippen LogP contribution in [0, 0.1) is 0 Å². The van der Waals surface area contributed by atoms with Crippen LogP contribution >= 0.6 is 11.8 Å². The number of tetrazole rings is 1. The van der Waals surface area contributed by atoms with Crippen LogP contribution in [0.25, 0.3) is 0 Å². The monoisotopic (exact) mass is 391 g/mol. The summed E-state index contributed by atoms with van der Waals surface area (Å²) in [6, 6.07) is 5.64. The van der Waals surface area contributed by atoms with Gasteiger partial charge in [0.15, 0.2) is 11.5 Å². The Labute approximate surface area is 160 Å². The number of nitrogens with one attached hydrogen (secondary N) is 1. The molecule has 0 bridgehead atoms. The van der Waals surface area contributed by atoms with Crippen molar-refractivity contribution >= 4 is 17.7 Å². The minimum absolute atomic E-state index is 0.0793. The predicted octanol–water partition coefficient (Wildman–Crippen LogP) is 1.38. The molecule has 1 fully saturated rings. The zero-order valence-corrected chi connectivity index (χ0v) is 15.8. The number of carbonyl (C=O) groups is 1. The number of benzene rings is 1. The standard InChI is InChI=1S/C17H21N5O4S/c1-11(27-17-19-20-21-22(17)9-13-3-2-6-24-13)16(23)18-8-12-4-5-14-15(7-12)26-10-25-14/h4-5,7,11,13H,2-3,6,8-10H2,1H3,(H,18,23). The lowest BCUT2D eigenvalue weighted by molar-refractivity contribution is -0.120. The normalized spacial score (nSPS) is 19.2. The van der Waals surface area contributed by atoms with Crippen LogP contribution in [0.2, 0.25) is 0 Å². The second kappa shape index (κ2) is 8.13. The van der Waals surface area contributed by atoms with Gasteiger partial charge in [0.1, 0.15) is 0 Å². The first kappa shape index (κ1) is 18.1. The second-order valence-electron chi connectivity index (χ2n) is 6.44. The lowest BCUT2D eigenvalue weighted by atomic mass is 10.2. The number of hydrogen-bond donors (Lipinski definition) is 1. The van der Waals surface area contributed by atoms with Gasteiger partial charge >= 0.3 is 0 Å². The van der Waals surface area contributed by atoms with Gasteiger partial charge in [-0.1, -0.05) is 17.8 Å². The van der Waals surface area contributed by atoms with Crippen molar-refractivity contribution in [3.8, 4) is 11.5 Å². The third-order valence-corrected chi connectivity index (χ3v) is 5.53. The number of aromatic nitrogens is 4. The Balaban J connectivity index is 1.30. The van der Waals surface area contributed by atoms with E-state index in [0.29, 0.717) is 24.0 Å². The largest absolute Gasteiger partial charge is 0.454 e. The third-order valence-electron chi connectivity index (χ3n) is 4.45. The first-order valence-electron chi connectivity index (χ1n) is 8.90. The molecular weight excluding hydrogens is 370 g/mol. The van der Waals surface area contributed by atoms with Crippen molar-refractivity contribution in [3.63, 3.8) is 0 Å². The Morgan fingerprint density at radius 1 is 1.41 bits per heavy atom. The van der Waals surface area contributed by atoms with Gasteiger partial charge in [-0.2, -0.15) is 0 Å². The van der Waals surface area contributed by atoms with Crippen LogP contribution in [0.4, 0.5) is 0 Å². The number of thioether (sulfide) groups is 1. The molecule has 2 atom stereocenters. The maximum atomic E-state index is 12.4. The molecule has 10 heteroatoms. The lowest BCUT2D eigenvalue weighted by Gasteiger charge is -2.13. The van der Waals surface area contributed by atoms with Gasteiger partial charge in [0.05, 0.1) is 17.9 Å². The molecule has 0 radical (unpaired) electrons. The topological polar surface area (TPSA) is 100 Å². The fraction of sp³-hybridized carbons (Fsp3) is 0.529. The minimum atomic E-state index is -0.326. The van der Waals surface area contributed by atoms with Crippen LogP contribution in [0.15, 0.2) is 23.4 Å². The molecular formula is C17H21N5O4S. The van der Waals surface area contributed by atoms with Crippen molar-refractivity contribution in [1.82, 2.24) is 25.5 Å². The van der Waals surface area contributed by atoms with Crippen molar-refractivity contribution in [1.29, 1.82) is 0 Å². The highest BCUT2D eigenvalue weighted by molar-refractivity contribution is 8.00. The molecule has 2 aromatic rings. The van der Waals surface area contributed by atoms with E-state index in [1.54, 1.807) is 4.68 Å². The SMILES string of the molecule is CC(Sc1nnnn1CC1CCCO1)C(=O)NCc1ccc2c(c1)OCO2. The number of hydrogen-bond acceptors (Lipinski definition) is 8. The summed E-state index contributed by atoms with van der Waals surface area (Å²) in [5, 5.41) is 15.0. The molecule has 4 rings (SSSR count). The molecule has 144 valence electrons. The van der Waals surface area contributed by atoms with E-state index in [1.807, 2.05) is 25.1 Å². The highest BCUT2D eigenvalue weighted by Crippen LogP contribution is 2.32. The molecule has 9 nitrogen and oxygen atoms in total. The number of rotatable bonds is 7. The Morgan fingerprint density at radius 2 is 2.30 bits per heavy atom. The van der Waals surface area contributed by atoms with Gasteiger partial charge in [0, 0.05) is 13.2 Å². The smallest absolute Gasteiger partial charge is 0.233 e. The van der Waals surface area contributed by atoms with Crippen LogP contribution < -0.4 is 14.8 Å². The van der Waals surface area contributed by atoms with E-state index >= 15 is 0 Å². The molecule has 1 N–H and O–H groups in total. The molecule has 2 aliphatic rings. The average Bonchev–Trinajstić information content (AvgIpc) is 3.42. The van der Waals surface area contributed by atoms with E-state index in [-0.39, 0.29) is 24.1 Å². The van der Waals surface area contributed by atoms with Crippen molar-refractivity contribution in [2.75, 3.05) is 13.4 Å². The molecule has 0 saturated carbocycles. The van der Waals surface area contributed by atoms with E-state index in [1.165, 1.54) is 11.8 Å². The molecule has 1 aromatic carbocycles. The summed E-state index contributed by atoms with van der Waals surface area (Å²) >= 11 is 1.34. The quantitative estimate of drug-likeness (QED) is 0.707. The highest BCUT2D eigenvalue weighted by atomic mass is 32.2. The number of carbonyl (C=O) groups excluding carboxylic acids is 1. The van der Waals surface area contributed by atoms with Gasteiger partial charge < -0.3 is 19.5 Å². The van der Waals surface area contributed by atoms with E-state index in [9.17, 15) is 4.79 Å². The first-order chi connectivity index (χ1) is 13.2. The molecule has 1 saturated heterocycles. The predicted molar refractivity (Wildman–Crippen MR) is 96.5 cm³/mol. The van der Waals surface area contributed by atoms with Crippen LogP contribution in [-0.4, -0.2) is 50.9 Å². The number of ether oxygens (including phenoxy) is 3. The minimum Gasteiger partial charge on any atom is -0.454 e. The highest BCUT2D eigenvalue weighted by Gasteiger charge is 2.22. The van der Waals surface area contributed by atoms with Gasteiger partial charge in [0.2, 0.25) is 17.9 Å². The van der Waals surface area contributed by atoms with Gasteiger partial charge in [-0.15, -0.1) is 5.10 Å². The van der Waals surface area contributed by atoms with Gasteiger partial charge in [-0.05, 0) is 47.9 Å². The molecule has 3 heterocycles. The van der Waals surface area contributed by atoms with Crippen molar-refractivity contribution in [3.05, 3.63) is 23.8 Å². The third kappa shape index (κ3) is 4.33. The molecule has 1 aromatic heterocycles. The number of fused-ring (bicyclic) bond motifs is 1. The lowest BCUT2D eigenvalue weighted by Crippen LogP contribution is -2.30. The summed E-state index contributed by atoms with van der Waals surface area (Å²) in [6.45, 7) is 3.89. The average molecular weight is 391 g/mol. The number of amides is 1. The molecule has 2 unspecified atom stereocenters. The van der Waals surface area contributed by atoms with Gasteiger partial charge in [-0.3, -0.25) is 4.79 Å². The van der Waals surface area contributed by atoms with E-state index in [2.05, 4.69) is 20.8 Å².